The fourth-order valence-corrected chi connectivity index (χ4v) is 3.32. The molecule has 0 radical (unpaired) electrons. The van der Waals surface area contributed by atoms with Gasteiger partial charge in [-0.05, 0) is 65.2 Å². The summed E-state index contributed by atoms with van der Waals surface area (Å²) in [5.74, 6) is 0. The van der Waals surface area contributed by atoms with Crippen molar-refractivity contribution in [1.82, 2.24) is 9.89 Å². The van der Waals surface area contributed by atoms with Gasteiger partial charge in [0.1, 0.15) is 0 Å². The molecule has 0 aliphatic heterocycles. The Morgan fingerprint density at radius 3 is 2.39 bits per heavy atom. The van der Waals surface area contributed by atoms with E-state index < -0.39 is 0 Å². The van der Waals surface area contributed by atoms with Crippen molar-refractivity contribution in [3.8, 4) is 0 Å². The molecule has 1 saturated carbocycles. The Hall–Kier alpha value is -2.67. The largest absolute Gasteiger partial charge is 0.398 e. The molecule has 0 unspecified atom stereocenters. The number of benzene rings is 2. The van der Waals surface area contributed by atoms with Gasteiger partial charge in [0.15, 0.2) is 0 Å². The number of aromatic nitrogens is 2. The van der Waals surface area contributed by atoms with Crippen molar-refractivity contribution in [3.63, 3.8) is 0 Å². The van der Waals surface area contributed by atoms with Crippen LogP contribution < -0.4 is 11.2 Å². The maximum atomic E-state index is 5.68. The molecule has 6 nitrogen and oxygen atoms in total. The van der Waals surface area contributed by atoms with Crippen LogP contribution in [0.2, 0.25) is 0 Å². The number of hydrogen-bond donors (Lipinski definition) is 2. The lowest BCUT2D eigenvalue weighted by Crippen LogP contribution is -2.29. The highest BCUT2D eigenvalue weighted by Gasteiger charge is 2.12. The van der Waals surface area contributed by atoms with Gasteiger partial charge in [-0.15, -0.1) is 0 Å². The van der Waals surface area contributed by atoms with Gasteiger partial charge in [-0.3, -0.25) is 0 Å². The van der Waals surface area contributed by atoms with Crippen molar-refractivity contribution < 1.29 is 0 Å². The van der Waals surface area contributed by atoms with Gasteiger partial charge in [-0.2, -0.15) is 20.1 Å². The summed E-state index contributed by atoms with van der Waals surface area (Å²) >= 11 is 3.35. The van der Waals surface area contributed by atoms with Crippen LogP contribution in [0.1, 0.15) is 32.1 Å². The van der Waals surface area contributed by atoms with Crippen LogP contribution in [0.3, 0.4) is 0 Å². The predicted molar refractivity (Wildman–Crippen MR) is 118 cm³/mol. The molecule has 1 aromatic heterocycles. The average molecular weight is 441 g/mol. The van der Waals surface area contributed by atoms with Crippen molar-refractivity contribution in [2.75, 3.05) is 11.2 Å². The summed E-state index contributed by atoms with van der Waals surface area (Å²) in [7, 11) is 0. The third-order valence-corrected chi connectivity index (χ3v) is 5.13. The minimum atomic E-state index is 0.638. The zero-order chi connectivity index (χ0) is 19.6. The molecule has 7 heteroatoms. The topological polar surface area (TPSA) is 80.6 Å². The van der Waals surface area contributed by atoms with Crippen LogP contribution in [0.25, 0.3) is 0 Å². The number of nitrogens with zero attached hydrogens (tertiary/aromatic N) is 4. The summed E-state index contributed by atoms with van der Waals surface area (Å²) in [6.07, 6.45) is 10.5. The molecule has 28 heavy (non-hydrogen) atoms. The summed E-state index contributed by atoms with van der Waals surface area (Å²) in [6, 6.07) is 17.6. The van der Waals surface area contributed by atoms with Gasteiger partial charge in [0.25, 0.3) is 0 Å². The molecule has 1 fully saturated rings. The Labute approximate surface area is 174 Å². The molecule has 0 saturated heterocycles. The molecule has 146 valence electrons. The van der Waals surface area contributed by atoms with Crippen LogP contribution in [0.5, 0.6) is 0 Å². The van der Waals surface area contributed by atoms with E-state index in [2.05, 4.69) is 36.7 Å². The fraction of sp³-hybridized carbons (Fsp3) is 0.286. The summed E-state index contributed by atoms with van der Waals surface area (Å²) in [5, 5.41) is 12.3. The normalized spacial score (nSPS) is 14.5. The number of rotatable bonds is 4. The molecule has 0 amide bonds. The van der Waals surface area contributed by atoms with E-state index in [0.29, 0.717) is 11.7 Å². The Bertz CT molecular complexity index is 858. The van der Waals surface area contributed by atoms with Crippen LogP contribution >= 0.6 is 15.9 Å². The molecular formula is C21H25BrN6. The van der Waals surface area contributed by atoms with Crippen LogP contribution in [0.4, 0.5) is 17.1 Å². The van der Waals surface area contributed by atoms with Gasteiger partial charge in [-0.1, -0.05) is 37.5 Å². The van der Waals surface area contributed by atoms with E-state index in [4.69, 9.17) is 5.73 Å². The van der Waals surface area contributed by atoms with Crippen molar-refractivity contribution in [1.29, 1.82) is 0 Å². The van der Waals surface area contributed by atoms with Crippen LogP contribution in [-0.4, -0.2) is 15.9 Å². The smallest absolute Gasteiger partial charge is 0.0869 e. The lowest BCUT2D eigenvalue weighted by molar-refractivity contribution is 0.430. The van der Waals surface area contributed by atoms with Crippen LogP contribution in [0.15, 0.2) is 81.7 Å². The molecule has 3 aromatic rings. The zero-order valence-electron chi connectivity index (χ0n) is 15.7. The second-order valence-corrected chi connectivity index (χ2v) is 7.51. The molecule has 1 aliphatic rings. The standard InChI is InChI=1S/C12H10BrN3.C9H15N3/c13-11-8-10(6-7-12(11)14)16-15-9-4-2-1-3-5-9;1-2-5-9(6-3-1)11-12-8-4-7-10-12/h1-8H,14H2;4,7-9,11H,1-3,5-6H2. The third kappa shape index (κ3) is 6.49. The summed E-state index contributed by atoms with van der Waals surface area (Å²) in [5.41, 5.74) is 11.3. The number of halogens is 1. The number of nitrogens with one attached hydrogen (secondary N) is 1. The maximum Gasteiger partial charge on any atom is 0.0869 e. The Kier molecular flexibility index (Phi) is 7.61. The highest BCUT2D eigenvalue weighted by molar-refractivity contribution is 9.10. The summed E-state index contributed by atoms with van der Waals surface area (Å²) < 4.78 is 0.831. The van der Waals surface area contributed by atoms with E-state index in [1.165, 1.54) is 32.1 Å². The van der Waals surface area contributed by atoms with E-state index in [0.717, 1.165) is 15.8 Å². The van der Waals surface area contributed by atoms with Crippen molar-refractivity contribution >= 4 is 33.0 Å². The first kappa shape index (κ1) is 20.1. The first-order valence-electron chi connectivity index (χ1n) is 9.49. The van der Waals surface area contributed by atoms with Gasteiger partial charge in [0.05, 0.1) is 17.6 Å². The van der Waals surface area contributed by atoms with Gasteiger partial charge in [0.2, 0.25) is 0 Å². The van der Waals surface area contributed by atoms with E-state index in [1.807, 2.05) is 59.5 Å². The SMILES string of the molecule is Nc1ccc(N=Nc2ccccc2)cc1Br.c1cnn(NC2CCCCC2)c1. The maximum absolute atomic E-state index is 5.68. The van der Waals surface area contributed by atoms with Gasteiger partial charge >= 0.3 is 0 Å². The third-order valence-electron chi connectivity index (χ3n) is 4.45. The molecule has 0 bridgehead atoms. The number of anilines is 1. The zero-order valence-corrected chi connectivity index (χ0v) is 17.3. The molecular weight excluding hydrogens is 416 g/mol. The Balaban J connectivity index is 0.000000167. The molecule has 2 aromatic carbocycles. The van der Waals surface area contributed by atoms with Crippen molar-refractivity contribution in [2.24, 2.45) is 10.2 Å². The molecule has 1 heterocycles. The quantitative estimate of drug-likeness (QED) is 0.373. The number of hydrogen-bond acceptors (Lipinski definition) is 5. The molecule has 3 N–H and O–H groups in total. The number of nitrogen functional groups attached to an aromatic ring is 1. The predicted octanol–water partition coefficient (Wildman–Crippen LogP) is 6.21. The number of nitrogens with two attached hydrogens (primary N) is 1. The first-order valence-corrected chi connectivity index (χ1v) is 10.3. The van der Waals surface area contributed by atoms with Crippen molar-refractivity contribution in [3.05, 3.63) is 71.5 Å². The lowest BCUT2D eigenvalue weighted by atomic mass is 9.96. The highest BCUT2D eigenvalue weighted by Crippen LogP contribution is 2.26. The Morgan fingerprint density at radius 1 is 0.964 bits per heavy atom. The van der Waals surface area contributed by atoms with E-state index in [1.54, 1.807) is 12.3 Å². The van der Waals surface area contributed by atoms with Crippen LogP contribution in [0, 0.1) is 0 Å². The van der Waals surface area contributed by atoms with Gasteiger partial charge in [0, 0.05) is 22.4 Å². The molecule has 0 spiro atoms. The van der Waals surface area contributed by atoms with Gasteiger partial charge in [-0.25, -0.2) is 0 Å². The second kappa shape index (κ2) is 10.6. The van der Waals surface area contributed by atoms with E-state index in [-0.39, 0.29) is 0 Å². The molecule has 4 rings (SSSR count). The minimum absolute atomic E-state index is 0.638. The number of azo groups is 1. The first-order chi connectivity index (χ1) is 13.7. The van der Waals surface area contributed by atoms with Crippen molar-refractivity contribution in [2.45, 2.75) is 38.1 Å². The van der Waals surface area contributed by atoms with Gasteiger partial charge < -0.3 is 11.2 Å². The minimum Gasteiger partial charge on any atom is -0.398 e. The molecule has 1 aliphatic carbocycles. The molecule has 0 atom stereocenters. The average Bonchev–Trinajstić information content (AvgIpc) is 3.24. The monoisotopic (exact) mass is 440 g/mol. The summed E-state index contributed by atoms with van der Waals surface area (Å²) in [6.45, 7) is 0. The highest BCUT2D eigenvalue weighted by atomic mass is 79.9. The second-order valence-electron chi connectivity index (χ2n) is 6.66. The summed E-state index contributed by atoms with van der Waals surface area (Å²) in [4.78, 5) is 1.82. The van der Waals surface area contributed by atoms with E-state index >= 15 is 0 Å². The van der Waals surface area contributed by atoms with E-state index in [9.17, 15) is 0 Å². The fourth-order valence-electron chi connectivity index (χ4n) is 2.95. The lowest BCUT2D eigenvalue weighted by Gasteiger charge is -2.23. The van der Waals surface area contributed by atoms with Crippen LogP contribution in [-0.2, 0) is 0 Å². The Morgan fingerprint density at radius 2 is 1.71 bits per heavy atom.